The summed E-state index contributed by atoms with van der Waals surface area (Å²) in [4.78, 5) is 2.50. The van der Waals surface area contributed by atoms with E-state index in [1.54, 1.807) is 5.56 Å². The molecule has 0 fully saturated rings. The van der Waals surface area contributed by atoms with Crippen LogP contribution < -0.4 is 0 Å². The zero-order valence-corrected chi connectivity index (χ0v) is 8.51. The van der Waals surface area contributed by atoms with Gasteiger partial charge in [0, 0.05) is 13.1 Å². The van der Waals surface area contributed by atoms with E-state index in [0.717, 1.165) is 6.54 Å². The third kappa shape index (κ3) is 1.61. The lowest BCUT2D eigenvalue weighted by molar-refractivity contribution is 0.268. The Morgan fingerprint density at radius 3 is 3.00 bits per heavy atom. The third-order valence-corrected chi connectivity index (χ3v) is 3.03. The minimum atomic E-state index is 1.15. The van der Waals surface area contributed by atoms with Crippen LogP contribution in [0.3, 0.4) is 0 Å². The summed E-state index contributed by atoms with van der Waals surface area (Å²) in [6.07, 6.45) is 1.23. The maximum Gasteiger partial charge on any atom is 0.0236 e. The minimum Gasteiger partial charge on any atom is -0.299 e. The molecule has 0 saturated carbocycles. The van der Waals surface area contributed by atoms with Crippen molar-refractivity contribution in [2.75, 3.05) is 13.1 Å². The van der Waals surface area contributed by atoms with Gasteiger partial charge in [0.15, 0.2) is 0 Å². The van der Waals surface area contributed by atoms with E-state index in [1.165, 1.54) is 30.6 Å². The van der Waals surface area contributed by atoms with Gasteiger partial charge >= 0.3 is 0 Å². The summed E-state index contributed by atoms with van der Waals surface area (Å²) < 4.78 is 0. The molecule has 0 atom stereocenters. The van der Waals surface area contributed by atoms with Gasteiger partial charge in [-0.25, -0.2) is 0 Å². The summed E-state index contributed by atoms with van der Waals surface area (Å²) >= 11 is 0. The Morgan fingerprint density at radius 1 is 1.38 bits per heavy atom. The van der Waals surface area contributed by atoms with E-state index in [4.69, 9.17) is 0 Å². The van der Waals surface area contributed by atoms with E-state index < -0.39 is 0 Å². The van der Waals surface area contributed by atoms with Gasteiger partial charge in [-0.3, -0.25) is 4.90 Å². The molecular weight excluding hydrogens is 158 g/mol. The highest BCUT2D eigenvalue weighted by atomic mass is 15.1. The molecule has 1 heterocycles. The lowest BCUT2D eigenvalue weighted by Gasteiger charge is -2.28. The van der Waals surface area contributed by atoms with Crippen LogP contribution in [-0.4, -0.2) is 18.0 Å². The predicted octanol–water partition coefficient (Wildman–Crippen LogP) is 2.37. The van der Waals surface area contributed by atoms with Crippen LogP contribution in [0.4, 0.5) is 0 Å². The van der Waals surface area contributed by atoms with Gasteiger partial charge in [0.25, 0.3) is 0 Å². The number of aryl methyl sites for hydroxylation is 1. The maximum atomic E-state index is 2.50. The first kappa shape index (κ1) is 8.76. The summed E-state index contributed by atoms with van der Waals surface area (Å²) in [5.41, 5.74) is 4.59. The van der Waals surface area contributed by atoms with E-state index in [-0.39, 0.29) is 0 Å². The molecule has 1 aliphatic heterocycles. The van der Waals surface area contributed by atoms with Crippen LogP contribution in [0.5, 0.6) is 0 Å². The number of benzene rings is 1. The van der Waals surface area contributed by atoms with Crippen molar-refractivity contribution in [3.8, 4) is 0 Å². The third-order valence-electron chi connectivity index (χ3n) is 3.03. The molecule has 0 amide bonds. The van der Waals surface area contributed by atoms with Crippen molar-refractivity contribution in [2.24, 2.45) is 0 Å². The molecule has 1 aromatic rings. The highest BCUT2D eigenvalue weighted by Gasteiger charge is 2.15. The zero-order chi connectivity index (χ0) is 9.26. The molecule has 1 aromatic carbocycles. The lowest BCUT2D eigenvalue weighted by atomic mass is 9.95. The highest BCUT2D eigenvalue weighted by Crippen LogP contribution is 2.21. The van der Waals surface area contributed by atoms with E-state index >= 15 is 0 Å². The molecule has 0 radical (unpaired) electrons. The molecule has 0 saturated heterocycles. The van der Waals surface area contributed by atoms with Crippen LogP contribution in [0, 0.1) is 6.92 Å². The number of fused-ring (bicyclic) bond motifs is 1. The molecule has 2 rings (SSSR count). The Kier molecular flexibility index (Phi) is 2.36. The Morgan fingerprint density at radius 2 is 2.23 bits per heavy atom. The minimum absolute atomic E-state index is 1.15. The first-order valence-electron chi connectivity index (χ1n) is 5.11. The fourth-order valence-corrected chi connectivity index (χ4v) is 2.13. The second-order valence-corrected chi connectivity index (χ2v) is 3.83. The molecule has 1 aliphatic rings. The molecule has 0 aliphatic carbocycles. The second-order valence-electron chi connectivity index (χ2n) is 3.83. The average Bonchev–Trinajstić information content (AvgIpc) is 2.18. The lowest BCUT2D eigenvalue weighted by Crippen LogP contribution is -2.30. The van der Waals surface area contributed by atoms with Crippen molar-refractivity contribution >= 4 is 0 Å². The molecule has 0 bridgehead atoms. The molecule has 0 aromatic heterocycles. The average molecular weight is 175 g/mol. The van der Waals surface area contributed by atoms with Gasteiger partial charge in [-0.05, 0) is 36.6 Å². The van der Waals surface area contributed by atoms with Gasteiger partial charge in [0.1, 0.15) is 0 Å². The number of rotatable bonds is 1. The molecule has 70 valence electrons. The molecule has 1 nitrogen and oxygen atoms in total. The van der Waals surface area contributed by atoms with Gasteiger partial charge in [0.05, 0.1) is 0 Å². The smallest absolute Gasteiger partial charge is 0.0236 e. The Labute approximate surface area is 80.4 Å². The quantitative estimate of drug-likeness (QED) is 0.633. The topological polar surface area (TPSA) is 3.24 Å². The van der Waals surface area contributed by atoms with Gasteiger partial charge in [0.2, 0.25) is 0 Å². The summed E-state index contributed by atoms with van der Waals surface area (Å²) in [7, 11) is 0. The monoisotopic (exact) mass is 175 g/mol. The largest absolute Gasteiger partial charge is 0.299 e. The van der Waals surface area contributed by atoms with Crippen LogP contribution in [0.15, 0.2) is 18.2 Å². The molecule has 0 N–H and O–H groups in total. The van der Waals surface area contributed by atoms with Crippen molar-refractivity contribution < 1.29 is 0 Å². The predicted molar refractivity (Wildman–Crippen MR) is 55.8 cm³/mol. The van der Waals surface area contributed by atoms with Crippen molar-refractivity contribution in [1.29, 1.82) is 0 Å². The molecular formula is C12H17N. The summed E-state index contributed by atoms with van der Waals surface area (Å²) in [5, 5.41) is 0. The molecule has 0 unspecified atom stereocenters. The first-order valence-corrected chi connectivity index (χ1v) is 5.11. The molecule has 1 heteroatoms. The van der Waals surface area contributed by atoms with Crippen molar-refractivity contribution in [1.82, 2.24) is 4.90 Å². The Hall–Kier alpha value is -0.820. The van der Waals surface area contributed by atoms with Crippen LogP contribution in [0.1, 0.15) is 23.6 Å². The summed E-state index contributed by atoms with van der Waals surface area (Å²) in [5.74, 6) is 0. The standard InChI is InChI=1S/C12H17N/c1-3-13-8-7-12-10(2)5-4-6-11(12)9-13/h4-6H,3,7-9H2,1-2H3. The molecule has 0 spiro atoms. The van der Waals surface area contributed by atoms with Gasteiger partial charge in [-0.1, -0.05) is 25.1 Å². The van der Waals surface area contributed by atoms with E-state index in [0.29, 0.717) is 0 Å². The number of hydrogen-bond donors (Lipinski definition) is 0. The number of nitrogens with zero attached hydrogens (tertiary/aromatic N) is 1. The van der Waals surface area contributed by atoms with E-state index in [1.807, 2.05) is 0 Å². The maximum absolute atomic E-state index is 2.50. The number of likely N-dealkylation sites (N-methyl/N-ethyl adjacent to an activating group) is 1. The van der Waals surface area contributed by atoms with Crippen LogP contribution in [0.2, 0.25) is 0 Å². The van der Waals surface area contributed by atoms with E-state index in [9.17, 15) is 0 Å². The first-order chi connectivity index (χ1) is 6.31. The second kappa shape index (κ2) is 3.51. The Balaban J connectivity index is 2.31. The highest BCUT2D eigenvalue weighted by molar-refractivity contribution is 5.35. The van der Waals surface area contributed by atoms with Crippen LogP contribution in [-0.2, 0) is 13.0 Å². The van der Waals surface area contributed by atoms with Gasteiger partial charge in [-0.15, -0.1) is 0 Å². The van der Waals surface area contributed by atoms with Gasteiger partial charge < -0.3 is 0 Å². The molecule has 13 heavy (non-hydrogen) atoms. The Bertz CT molecular complexity index is 304. The van der Waals surface area contributed by atoms with Crippen LogP contribution in [0.25, 0.3) is 0 Å². The van der Waals surface area contributed by atoms with Crippen molar-refractivity contribution in [3.05, 3.63) is 34.9 Å². The summed E-state index contributed by atoms with van der Waals surface area (Å²) in [6, 6.07) is 6.66. The van der Waals surface area contributed by atoms with E-state index in [2.05, 4.69) is 36.9 Å². The van der Waals surface area contributed by atoms with Crippen LogP contribution >= 0.6 is 0 Å². The van der Waals surface area contributed by atoms with Crippen molar-refractivity contribution in [2.45, 2.75) is 26.8 Å². The number of hydrogen-bond acceptors (Lipinski definition) is 1. The van der Waals surface area contributed by atoms with Crippen molar-refractivity contribution in [3.63, 3.8) is 0 Å². The normalized spacial score (nSPS) is 17.1. The zero-order valence-electron chi connectivity index (χ0n) is 8.51. The fraction of sp³-hybridized carbons (Fsp3) is 0.500. The summed E-state index contributed by atoms with van der Waals surface area (Å²) in [6.45, 7) is 8.01. The van der Waals surface area contributed by atoms with Gasteiger partial charge in [-0.2, -0.15) is 0 Å². The SMILES string of the molecule is CCN1CCc2c(C)cccc2C1. The fourth-order valence-electron chi connectivity index (χ4n) is 2.13.